The van der Waals surface area contributed by atoms with Gasteiger partial charge in [-0.15, -0.1) is 0 Å². The van der Waals surface area contributed by atoms with Gasteiger partial charge in [0.2, 0.25) is 5.91 Å². The molecule has 0 bridgehead atoms. The monoisotopic (exact) mass is 296 g/mol. The molecule has 0 radical (unpaired) electrons. The van der Waals surface area contributed by atoms with Gasteiger partial charge in [-0.25, -0.2) is 8.78 Å². The number of halogens is 2. The molecule has 0 aromatic heterocycles. The van der Waals surface area contributed by atoms with Crippen LogP contribution < -0.4 is 11.1 Å². The van der Waals surface area contributed by atoms with Crippen molar-refractivity contribution in [3.05, 3.63) is 35.4 Å². The maximum Gasteiger partial charge on any atom is 0.222 e. The summed E-state index contributed by atoms with van der Waals surface area (Å²) in [5.74, 6) is -1.25. The normalized spacial score (nSPS) is 19.0. The van der Waals surface area contributed by atoms with Crippen LogP contribution in [0, 0.1) is 11.6 Å². The standard InChI is InChI=1S/C16H22F2N2O/c1-11(13-9-12(17)5-6-14(13)18)20-15(21)10-16(19)7-3-2-4-8-16/h5-6,9,11H,2-4,7-8,10,19H2,1H3,(H,20,21). The van der Waals surface area contributed by atoms with Gasteiger partial charge >= 0.3 is 0 Å². The number of benzene rings is 1. The van der Waals surface area contributed by atoms with Gasteiger partial charge in [0.15, 0.2) is 0 Å². The molecule has 0 spiro atoms. The van der Waals surface area contributed by atoms with Crippen LogP contribution in [0.4, 0.5) is 8.78 Å². The molecule has 0 aliphatic heterocycles. The largest absolute Gasteiger partial charge is 0.349 e. The van der Waals surface area contributed by atoms with Crippen LogP contribution in [0.2, 0.25) is 0 Å². The van der Waals surface area contributed by atoms with Crippen LogP contribution in [-0.2, 0) is 4.79 Å². The molecule has 3 nitrogen and oxygen atoms in total. The summed E-state index contributed by atoms with van der Waals surface area (Å²) in [5.41, 5.74) is 5.93. The highest BCUT2D eigenvalue weighted by Gasteiger charge is 2.30. The fraction of sp³-hybridized carbons (Fsp3) is 0.562. The summed E-state index contributed by atoms with van der Waals surface area (Å²) in [6, 6.07) is 2.66. The number of rotatable bonds is 4. The molecule has 5 heteroatoms. The Morgan fingerprint density at radius 3 is 2.67 bits per heavy atom. The minimum absolute atomic E-state index is 0.151. The van der Waals surface area contributed by atoms with Crippen molar-refractivity contribution in [2.75, 3.05) is 0 Å². The average Bonchev–Trinajstić information content (AvgIpc) is 2.41. The minimum atomic E-state index is -0.583. The van der Waals surface area contributed by atoms with Crippen molar-refractivity contribution in [1.82, 2.24) is 5.32 Å². The molecule has 0 heterocycles. The molecule has 1 amide bonds. The van der Waals surface area contributed by atoms with E-state index in [2.05, 4.69) is 5.32 Å². The molecule has 21 heavy (non-hydrogen) atoms. The van der Waals surface area contributed by atoms with Crippen LogP contribution in [0.5, 0.6) is 0 Å². The molecule has 1 aromatic rings. The van der Waals surface area contributed by atoms with Gasteiger partial charge in [0.05, 0.1) is 6.04 Å². The van der Waals surface area contributed by atoms with Crippen LogP contribution in [0.25, 0.3) is 0 Å². The molecule has 1 aliphatic carbocycles. The Balaban J connectivity index is 1.97. The van der Waals surface area contributed by atoms with Crippen molar-refractivity contribution in [3.8, 4) is 0 Å². The number of hydrogen-bond acceptors (Lipinski definition) is 2. The second-order valence-corrected chi connectivity index (χ2v) is 6.05. The van der Waals surface area contributed by atoms with E-state index in [1.807, 2.05) is 0 Å². The van der Waals surface area contributed by atoms with Crippen molar-refractivity contribution in [2.45, 2.75) is 57.0 Å². The lowest BCUT2D eigenvalue weighted by Crippen LogP contribution is -2.46. The van der Waals surface area contributed by atoms with Gasteiger partial charge in [-0.2, -0.15) is 0 Å². The molecule has 1 aromatic carbocycles. The minimum Gasteiger partial charge on any atom is -0.349 e. The molecule has 1 aliphatic rings. The van der Waals surface area contributed by atoms with Gasteiger partial charge in [-0.05, 0) is 38.0 Å². The van der Waals surface area contributed by atoms with Gasteiger partial charge in [0, 0.05) is 17.5 Å². The summed E-state index contributed by atoms with van der Waals surface area (Å²) >= 11 is 0. The molecule has 1 atom stereocenters. The molecule has 3 N–H and O–H groups in total. The molecular weight excluding hydrogens is 274 g/mol. The van der Waals surface area contributed by atoms with Gasteiger partial charge in [0.1, 0.15) is 11.6 Å². The number of nitrogens with two attached hydrogens (primary N) is 1. The van der Waals surface area contributed by atoms with Crippen LogP contribution in [0.1, 0.15) is 57.1 Å². The third-order valence-electron chi connectivity index (χ3n) is 4.16. The summed E-state index contributed by atoms with van der Waals surface area (Å²) < 4.78 is 26.8. The van der Waals surface area contributed by atoms with Crippen molar-refractivity contribution >= 4 is 5.91 Å². The van der Waals surface area contributed by atoms with Crippen molar-refractivity contribution in [1.29, 1.82) is 0 Å². The third-order valence-corrected chi connectivity index (χ3v) is 4.16. The lowest BCUT2D eigenvalue weighted by molar-refractivity contribution is -0.123. The highest BCUT2D eigenvalue weighted by molar-refractivity contribution is 5.77. The van der Waals surface area contributed by atoms with Crippen molar-refractivity contribution in [2.24, 2.45) is 5.73 Å². The second kappa shape index (κ2) is 6.52. The first-order valence-electron chi connectivity index (χ1n) is 7.43. The van der Waals surface area contributed by atoms with E-state index in [1.165, 1.54) is 0 Å². The van der Waals surface area contributed by atoms with E-state index in [9.17, 15) is 13.6 Å². The van der Waals surface area contributed by atoms with E-state index in [0.29, 0.717) is 0 Å². The molecule has 1 saturated carbocycles. The highest BCUT2D eigenvalue weighted by atomic mass is 19.1. The molecule has 1 unspecified atom stereocenters. The summed E-state index contributed by atoms with van der Waals surface area (Å²) in [7, 11) is 0. The predicted octanol–water partition coefficient (Wildman–Crippen LogP) is 3.19. The van der Waals surface area contributed by atoms with Gasteiger partial charge < -0.3 is 11.1 Å². The molecule has 0 saturated heterocycles. The number of carbonyl (C=O) groups excluding carboxylic acids is 1. The summed E-state index contributed by atoms with van der Waals surface area (Å²) in [6.45, 7) is 1.64. The zero-order chi connectivity index (χ0) is 15.5. The Kier molecular flexibility index (Phi) is 4.93. The quantitative estimate of drug-likeness (QED) is 0.896. The zero-order valence-electron chi connectivity index (χ0n) is 12.3. The van der Waals surface area contributed by atoms with Crippen molar-refractivity contribution in [3.63, 3.8) is 0 Å². The van der Waals surface area contributed by atoms with Crippen LogP contribution in [0.3, 0.4) is 0 Å². The predicted molar refractivity (Wildman–Crippen MR) is 77.5 cm³/mol. The van der Waals surface area contributed by atoms with E-state index >= 15 is 0 Å². The number of amides is 1. The van der Waals surface area contributed by atoms with Crippen LogP contribution in [-0.4, -0.2) is 11.4 Å². The molecule has 1 fully saturated rings. The Hall–Kier alpha value is -1.49. The van der Waals surface area contributed by atoms with Gasteiger partial charge in [0.25, 0.3) is 0 Å². The first-order chi connectivity index (χ1) is 9.89. The van der Waals surface area contributed by atoms with Crippen LogP contribution in [0.15, 0.2) is 18.2 Å². The molecule has 116 valence electrons. The number of carbonyl (C=O) groups is 1. The molecular formula is C16H22F2N2O. The second-order valence-electron chi connectivity index (χ2n) is 6.05. The Morgan fingerprint density at radius 1 is 1.33 bits per heavy atom. The zero-order valence-corrected chi connectivity index (χ0v) is 12.3. The summed E-state index contributed by atoms with van der Waals surface area (Å²) in [4.78, 5) is 12.1. The van der Waals surface area contributed by atoms with Gasteiger partial charge in [-0.3, -0.25) is 4.79 Å². The fourth-order valence-electron chi connectivity index (χ4n) is 2.97. The Labute approximate surface area is 123 Å². The Bertz CT molecular complexity index is 513. The topological polar surface area (TPSA) is 55.1 Å². The van der Waals surface area contributed by atoms with Crippen molar-refractivity contribution < 1.29 is 13.6 Å². The molecule has 2 rings (SSSR count). The summed E-state index contributed by atoms with van der Waals surface area (Å²) in [6.07, 6.45) is 5.14. The highest BCUT2D eigenvalue weighted by Crippen LogP contribution is 2.29. The maximum atomic E-state index is 13.7. The Morgan fingerprint density at radius 2 is 2.00 bits per heavy atom. The average molecular weight is 296 g/mol. The first-order valence-corrected chi connectivity index (χ1v) is 7.43. The maximum absolute atomic E-state index is 13.7. The van der Waals surface area contributed by atoms with E-state index < -0.39 is 23.2 Å². The first kappa shape index (κ1) is 15.9. The van der Waals surface area contributed by atoms with E-state index in [1.54, 1.807) is 6.92 Å². The van der Waals surface area contributed by atoms with Crippen LogP contribution >= 0.6 is 0 Å². The lowest BCUT2D eigenvalue weighted by Gasteiger charge is -2.33. The SMILES string of the molecule is CC(NC(=O)CC1(N)CCCCC1)c1cc(F)ccc1F. The van der Waals surface area contributed by atoms with E-state index in [-0.39, 0.29) is 17.9 Å². The lowest BCUT2D eigenvalue weighted by atomic mass is 9.80. The summed E-state index contributed by atoms with van der Waals surface area (Å²) in [5, 5.41) is 2.71. The van der Waals surface area contributed by atoms with E-state index in [0.717, 1.165) is 50.3 Å². The smallest absolute Gasteiger partial charge is 0.222 e. The number of nitrogens with one attached hydrogen (secondary N) is 1. The van der Waals surface area contributed by atoms with E-state index in [4.69, 9.17) is 5.73 Å². The number of hydrogen-bond donors (Lipinski definition) is 2. The fourth-order valence-corrected chi connectivity index (χ4v) is 2.97. The third kappa shape index (κ3) is 4.24. The van der Waals surface area contributed by atoms with Gasteiger partial charge in [-0.1, -0.05) is 19.3 Å².